The van der Waals surface area contributed by atoms with E-state index >= 15 is 0 Å². The van der Waals surface area contributed by atoms with Gasteiger partial charge in [0.1, 0.15) is 6.33 Å². The Kier molecular flexibility index (Phi) is 3.23. The molecule has 1 aliphatic carbocycles. The van der Waals surface area contributed by atoms with E-state index < -0.39 is 0 Å². The van der Waals surface area contributed by atoms with E-state index in [9.17, 15) is 0 Å². The SMILES string of the molecule is C(#CC1CCCCC1)c1cccc2cncnc12. The normalized spacial score (nSPS) is 16.2. The zero-order chi connectivity index (χ0) is 12.2. The second-order valence-corrected chi connectivity index (χ2v) is 4.87. The average Bonchev–Trinajstić information content (AvgIpc) is 2.46. The molecule has 90 valence electrons. The van der Waals surface area contributed by atoms with Gasteiger partial charge in [0.15, 0.2) is 0 Å². The molecule has 0 unspecified atom stereocenters. The van der Waals surface area contributed by atoms with Crippen molar-refractivity contribution in [3.05, 3.63) is 36.3 Å². The first kappa shape index (κ1) is 11.2. The molecule has 2 nitrogen and oxygen atoms in total. The molecule has 1 aromatic carbocycles. The lowest BCUT2D eigenvalue weighted by atomic mass is 9.89. The molecular formula is C16H16N2. The van der Waals surface area contributed by atoms with Crippen LogP contribution in [-0.2, 0) is 0 Å². The van der Waals surface area contributed by atoms with Crippen LogP contribution in [0.2, 0.25) is 0 Å². The summed E-state index contributed by atoms with van der Waals surface area (Å²) in [6, 6.07) is 6.10. The van der Waals surface area contributed by atoms with Crippen LogP contribution >= 0.6 is 0 Å². The second-order valence-electron chi connectivity index (χ2n) is 4.87. The summed E-state index contributed by atoms with van der Waals surface area (Å²) >= 11 is 0. The monoisotopic (exact) mass is 236 g/mol. The van der Waals surface area contributed by atoms with Crippen LogP contribution in [0.5, 0.6) is 0 Å². The minimum Gasteiger partial charge on any atom is -0.244 e. The van der Waals surface area contributed by atoms with Crippen molar-refractivity contribution in [3.63, 3.8) is 0 Å². The van der Waals surface area contributed by atoms with Gasteiger partial charge in [-0.2, -0.15) is 0 Å². The van der Waals surface area contributed by atoms with Gasteiger partial charge in [-0.3, -0.25) is 0 Å². The predicted molar refractivity (Wildman–Crippen MR) is 73.0 cm³/mol. The van der Waals surface area contributed by atoms with Crippen LogP contribution in [0.1, 0.15) is 37.7 Å². The first-order valence-electron chi connectivity index (χ1n) is 6.64. The lowest BCUT2D eigenvalue weighted by Gasteiger charge is -2.15. The summed E-state index contributed by atoms with van der Waals surface area (Å²) < 4.78 is 0. The molecule has 0 N–H and O–H groups in total. The van der Waals surface area contributed by atoms with Crippen molar-refractivity contribution in [1.29, 1.82) is 0 Å². The van der Waals surface area contributed by atoms with Crippen molar-refractivity contribution in [2.75, 3.05) is 0 Å². The van der Waals surface area contributed by atoms with Crippen LogP contribution in [0.15, 0.2) is 30.7 Å². The molecule has 1 aliphatic rings. The molecule has 2 aromatic rings. The summed E-state index contributed by atoms with van der Waals surface area (Å²) in [5.74, 6) is 7.32. The number of para-hydroxylation sites is 1. The highest BCUT2D eigenvalue weighted by molar-refractivity contribution is 5.83. The van der Waals surface area contributed by atoms with E-state index in [2.05, 4.69) is 21.8 Å². The van der Waals surface area contributed by atoms with Crippen molar-refractivity contribution >= 4 is 10.9 Å². The Morgan fingerprint density at radius 2 is 2.00 bits per heavy atom. The first-order valence-corrected chi connectivity index (χ1v) is 6.64. The molecule has 0 spiro atoms. The number of hydrogen-bond donors (Lipinski definition) is 0. The average molecular weight is 236 g/mol. The zero-order valence-electron chi connectivity index (χ0n) is 10.4. The minimum absolute atomic E-state index is 0.579. The Labute approximate surface area is 107 Å². The number of nitrogens with zero attached hydrogens (tertiary/aromatic N) is 2. The van der Waals surface area contributed by atoms with Gasteiger partial charge in [0.25, 0.3) is 0 Å². The first-order chi connectivity index (χ1) is 8.93. The molecule has 0 radical (unpaired) electrons. The molecular weight excluding hydrogens is 220 g/mol. The predicted octanol–water partition coefficient (Wildman–Crippen LogP) is 3.56. The van der Waals surface area contributed by atoms with Crippen LogP contribution < -0.4 is 0 Å². The van der Waals surface area contributed by atoms with Crippen molar-refractivity contribution in [2.24, 2.45) is 5.92 Å². The summed E-state index contributed by atoms with van der Waals surface area (Å²) in [5.41, 5.74) is 2.00. The third-order valence-corrected chi connectivity index (χ3v) is 3.55. The van der Waals surface area contributed by atoms with Crippen molar-refractivity contribution in [2.45, 2.75) is 32.1 Å². The fourth-order valence-corrected chi connectivity index (χ4v) is 2.54. The van der Waals surface area contributed by atoms with Crippen molar-refractivity contribution in [1.82, 2.24) is 9.97 Å². The summed E-state index contributed by atoms with van der Waals surface area (Å²) in [6.07, 6.45) is 9.98. The number of hydrogen-bond acceptors (Lipinski definition) is 2. The van der Waals surface area contributed by atoms with E-state index in [0.29, 0.717) is 5.92 Å². The van der Waals surface area contributed by atoms with Gasteiger partial charge in [-0.05, 0) is 18.9 Å². The lowest BCUT2D eigenvalue weighted by molar-refractivity contribution is 0.430. The molecule has 2 heteroatoms. The molecule has 1 aromatic heterocycles. The summed E-state index contributed by atoms with van der Waals surface area (Å²) in [6.45, 7) is 0. The van der Waals surface area contributed by atoms with Gasteiger partial charge in [-0.15, -0.1) is 0 Å². The second kappa shape index (κ2) is 5.18. The van der Waals surface area contributed by atoms with Crippen LogP contribution in [-0.4, -0.2) is 9.97 Å². The minimum atomic E-state index is 0.579. The van der Waals surface area contributed by atoms with Crippen LogP contribution in [0.25, 0.3) is 10.9 Å². The number of fused-ring (bicyclic) bond motifs is 1. The molecule has 0 amide bonds. The van der Waals surface area contributed by atoms with Crippen LogP contribution in [0.3, 0.4) is 0 Å². The molecule has 0 saturated heterocycles. The smallest absolute Gasteiger partial charge is 0.116 e. The van der Waals surface area contributed by atoms with Crippen molar-refractivity contribution < 1.29 is 0 Å². The molecule has 1 fully saturated rings. The maximum atomic E-state index is 4.33. The summed E-state index contributed by atoms with van der Waals surface area (Å²) in [5, 5.41) is 1.06. The van der Waals surface area contributed by atoms with E-state index in [1.165, 1.54) is 32.1 Å². The third kappa shape index (κ3) is 2.36. The molecule has 0 aliphatic heterocycles. The zero-order valence-corrected chi connectivity index (χ0v) is 10.4. The molecule has 1 saturated carbocycles. The molecule has 0 atom stereocenters. The van der Waals surface area contributed by atoms with Crippen LogP contribution in [0.4, 0.5) is 0 Å². The highest BCUT2D eigenvalue weighted by atomic mass is 14.8. The lowest BCUT2D eigenvalue weighted by Crippen LogP contribution is -2.03. The fraction of sp³-hybridized carbons (Fsp3) is 0.375. The number of benzene rings is 1. The van der Waals surface area contributed by atoms with Gasteiger partial charge in [0.05, 0.1) is 11.1 Å². The quantitative estimate of drug-likeness (QED) is 0.654. The summed E-state index contributed by atoms with van der Waals surface area (Å²) in [7, 11) is 0. The molecule has 1 heterocycles. The van der Waals surface area contributed by atoms with Gasteiger partial charge in [-0.25, -0.2) is 9.97 Å². The van der Waals surface area contributed by atoms with Gasteiger partial charge in [0, 0.05) is 17.5 Å². The summed E-state index contributed by atoms with van der Waals surface area (Å²) in [4.78, 5) is 8.38. The number of rotatable bonds is 0. The fourth-order valence-electron chi connectivity index (χ4n) is 2.54. The topological polar surface area (TPSA) is 25.8 Å². The largest absolute Gasteiger partial charge is 0.244 e. The maximum absolute atomic E-state index is 4.33. The van der Waals surface area contributed by atoms with Gasteiger partial charge in [0.2, 0.25) is 0 Å². The van der Waals surface area contributed by atoms with Gasteiger partial charge >= 0.3 is 0 Å². The van der Waals surface area contributed by atoms with E-state index in [-0.39, 0.29) is 0 Å². The molecule has 0 bridgehead atoms. The maximum Gasteiger partial charge on any atom is 0.116 e. The van der Waals surface area contributed by atoms with E-state index in [0.717, 1.165) is 16.5 Å². The van der Waals surface area contributed by atoms with E-state index in [1.54, 1.807) is 6.33 Å². The standard InChI is InChI=1S/C16H16N2/c1-2-5-13(6-3-1)9-10-14-7-4-8-15-11-17-12-18-16(14)15/h4,7-8,11-13H,1-3,5-6H2. The molecule has 18 heavy (non-hydrogen) atoms. The van der Waals surface area contributed by atoms with Gasteiger partial charge < -0.3 is 0 Å². The Morgan fingerprint density at radius 1 is 1.11 bits per heavy atom. The Bertz CT molecular complexity index is 596. The van der Waals surface area contributed by atoms with E-state index in [4.69, 9.17) is 0 Å². The number of aromatic nitrogens is 2. The highest BCUT2D eigenvalue weighted by Gasteiger charge is 2.10. The molecule has 3 rings (SSSR count). The van der Waals surface area contributed by atoms with Crippen LogP contribution in [0, 0.1) is 17.8 Å². The van der Waals surface area contributed by atoms with Gasteiger partial charge in [-0.1, -0.05) is 43.2 Å². The van der Waals surface area contributed by atoms with E-state index in [1.807, 2.05) is 24.4 Å². The third-order valence-electron chi connectivity index (χ3n) is 3.55. The Morgan fingerprint density at radius 3 is 2.89 bits per heavy atom. The highest BCUT2D eigenvalue weighted by Crippen LogP contribution is 2.23. The Balaban J connectivity index is 1.92. The Hall–Kier alpha value is -1.88. The van der Waals surface area contributed by atoms with Crippen molar-refractivity contribution in [3.8, 4) is 11.8 Å².